The molecule has 0 heterocycles. The predicted molar refractivity (Wildman–Crippen MR) is 74.5 cm³/mol. The lowest BCUT2D eigenvalue weighted by molar-refractivity contribution is -0.120. The Morgan fingerprint density at radius 1 is 1.26 bits per heavy atom. The number of rotatable bonds is 7. The maximum atomic E-state index is 11.6. The summed E-state index contributed by atoms with van der Waals surface area (Å²) < 4.78 is 10.4. The topological polar surface area (TPSA) is 59.6 Å². The number of benzene rings is 1. The zero-order valence-electron chi connectivity index (χ0n) is 11.9. The van der Waals surface area contributed by atoms with Crippen molar-refractivity contribution in [3.05, 3.63) is 23.8 Å². The molecule has 0 atom stereocenters. The SMILES string of the molecule is COc1ccc(OC)c(CNC(=O)CNC(C)C)c1. The van der Waals surface area contributed by atoms with Crippen LogP contribution in [-0.2, 0) is 11.3 Å². The number of nitrogens with one attached hydrogen (secondary N) is 2. The molecule has 5 heteroatoms. The first-order valence-corrected chi connectivity index (χ1v) is 6.27. The quantitative estimate of drug-likeness (QED) is 0.781. The van der Waals surface area contributed by atoms with Crippen LogP contribution in [0.2, 0.25) is 0 Å². The van der Waals surface area contributed by atoms with Crippen LogP contribution in [0, 0.1) is 0 Å². The number of ether oxygens (including phenoxy) is 2. The predicted octanol–water partition coefficient (Wildman–Crippen LogP) is 1.32. The Morgan fingerprint density at radius 3 is 2.58 bits per heavy atom. The summed E-state index contributed by atoms with van der Waals surface area (Å²) in [6.45, 7) is 4.72. The van der Waals surface area contributed by atoms with Crippen LogP contribution >= 0.6 is 0 Å². The molecule has 0 aliphatic carbocycles. The van der Waals surface area contributed by atoms with Gasteiger partial charge in [0, 0.05) is 18.2 Å². The van der Waals surface area contributed by atoms with E-state index in [1.165, 1.54) is 0 Å². The number of amides is 1. The van der Waals surface area contributed by atoms with E-state index in [1.54, 1.807) is 14.2 Å². The van der Waals surface area contributed by atoms with Gasteiger partial charge in [-0.15, -0.1) is 0 Å². The summed E-state index contributed by atoms with van der Waals surface area (Å²) in [6.07, 6.45) is 0. The third-order valence-corrected chi connectivity index (χ3v) is 2.63. The van der Waals surface area contributed by atoms with Gasteiger partial charge < -0.3 is 20.1 Å². The summed E-state index contributed by atoms with van der Waals surface area (Å²) in [4.78, 5) is 11.6. The van der Waals surface area contributed by atoms with E-state index in [4.69, 9.17) is 9.47 Å². The Hall–Kier alpha value is -1.75. The molecule has 0 radical (unpaired) electrons. The summed E-state index contributed by atoms with van der Waals surface area (Å²) in [5, 5.41) is 5.91. The van der Waals surface area contributed by atoms with Crippen LogP contribution in [0.5, 0.6) is 11.5 Å². The van der Waals surface area contributed by atoms with Gasteiger partial charge in [0.2, 0.25) is 5.91 Å². The number of hydrogen-bond acceptors (Lipinski definition) is 4. The van der Waals surface area contributed by atoms with Crippen molar-refractivity contribution in [1.29, 1.82) is 0 Å². The maximum Gasteiger partial charge on any atom is 0.234 e. The van der Waals surface area contributed by atoms with E-state index in [1.807, 2.05) is 32.0 Å². The van der Waals surface area contributed by atoms with E-state index in [9.17, 15) is 4.79 Å². The lowest BCUT2D eigenvalue weighted by Crippen LogP contribution is -2.36. The van der Waals surface area contributed by atoms with Crippen molar-refractivity contribution in [1.82, 2.24) is 10.6 Å². The molecule has 0 aliphatic heterocycles. The summed E-state index contributed by atoms with van der Waals surface area (Å²) in [5.74, 6) is 1.43. The Kier molecular flexibility index (Phi) is 6.15. The first-order chi connectivity index (χ1) is 9.06. The van der Waals surface area contributed by atoms with Gasteiger partial charge in [-0.05, 0) is 18.2 Å². The van der Waals surface area contributed by atoms with Crippen LogP contribution in [0.4, 0.5) is 0 Å². The molecule has 1 amide bonds. The lowest BCUT2D eigenvalue weighted by Gasteiger charge is -2.12. The van der Waals surface area contributed by atoms with Crippen molar-refractivity contribution in [3.63, 3.8) is 0 Å². The van der Waals surface area contributed by atoms with Crippen molar-refractivity contribution in [2.75, 3.05) is 20.8 Å². The molecule has 0 fully saturated rings. The fourth-order valence-electron chi connectivity index (χ4n) is 1.57. The van der Waals surface area contributed by atoms with E-state index >= 15 is 0 Å². The molecule has 0 unspecified atom stereocenters. The Bertz CT molecular complexity index is 419. The summed E-state index contributed by atoms with van der Waals surface area (Å²) in [6, 6.07) is 5.80. The molecule has 1 aromatic carbocycles. The number of carbonyl (C=O) groups excluding carboxylic acids is 1. The number of methoxy groups -OCH3 is 2. The first-order valence-electron chi connectivity index (χ1n) is 6.27. The second-order valence-corrected chi connectivity index (χ2v) is 4.49. The molecule has 0 aromatic heterocycles. The molecule has 0 aliphatic rings. The summed E-state index contributed by atoms with van der Waals surface area (Å²) in [7, 11) is 3.21. The maximum absolute atomic E-state index is 11.6. The van der Waals surface area contributed by atoms with Crippen LogP contribution in [0.15, 0.2) is 18.2 Å². The molecular formula is C14H22N2O3. The van der Waals surface area contributed by atoms with Gasteiger partial charge in [0.1, 0.15) is 11.5 Å². The Balaban J connectivity index is 2.58. The molecule has 1 rings (SSSR count). The van der Waals surface area contributed by atoms with Crippen LogP contribution < -0.4 is 20.1 Å². The van der Waals surface area contributed by atoms with E-state index < -0.39 is 0 Å². The highest BCUT2D eigenvalue weighted by Crippen LogP contribution is 2.23. The van der Waals surface area contributed by atoms with Gasteiger partial charge in [0.25, 0.3) is 0 Å². The van der Waals surface area contributed by atoms with Gasteiger partial charge in [0.15, 0.2) is 0 Å². The zero-order chi connectivity index (χ0) is 14.3. The number of hydrogen-bond donors (Lipinski definition) is 2. The molecular weight excluding hydrogens is 244 g/mol. The van der Waals surface area contributed by atoms with Crippen molar-refractivity contribution < 1.29 is 14.3 Å². The smallest absolute Gasteiger partial charge is 0.234 e. The molecule has 0 saturated carbocycles. The van der Waals surface area contributed by atoms with E-state index in [-0.39, 0.29) is 11.9 Å². The molecule has 0 bridgehead atoms. The normalized spacial score (nSPS) is 10.4. The van der Waals surface area contributed by atoms with Gasteiger partial charge in [-0.3, -0.25) is 4.79 Å². The lowest BCUT2D eigenvalue weighted by atomic mass is 10.2. The van der Waals surface area contributed by atoms with Crippen LogP contribution in [0.1, 0.15) is 19.4 Å². The van der Waals surface area contributed by atoms with Gasteiger partial charge in [0.05, 0.1) is 20.8 Å². The minimum Gasteiger partial charge on any atom is -0.497 e. The molecule has 0 saturated heterocycles. The third kappa shape index (κ3) is 5.18. The molecule has 19 heavy (non-hydrogen) atoms. The van der Waals surface area contributed by atoms with Crippen LogP contribution in [0.3, 0.4) is 0 Å². The minimum absolute atomic E-state index is 0.0430. The highest BCUT2D eigenvalue weighted by molar-refractivity contribution is 5.78. The van der Waals surface area contributed by atoms with Crippen molar-refractivity contribution in [2.24, 2.45) is 0 Å². The first kappa shape index (κ1) is 15.3. The highest BCUT2D eigenvalue weighted by atomic mass is 16.5. The van der Waals surface area contributed by atoms with Gasteiger partial charge in [-0.2, -0.15) is 0 Å². The average Bonchev–Trinajstić information content (AvgIpc) is 2.42. The number of carbonyl (C=O) groups is 1. The molecule has 1 aromatic rings. The molecule has 106 valence electrons. The highest BCUT2D eigenvalue weighted by Gasteiger charge is 2.07. The fraction of sp³-hybridized carbons (Fsp3) is 0.500. The van der Waals surface area contributed by atoms with Gasteiger partial charge >= 0.3 is 0 Å². The average molecular weight is 266 g/mol. The van der Waals surface area contributed by atoms with Gasteiger partial charge in [-0.1, -0.05) is 13.8 Å². The standard InChI is InChI=1S/C14H22N2O3/c1-10(2)15-9-14(17)16-8-11-7-12(18-3)5-6-13(11)19-4/h5-7,10,15H,8-9H2,1-4H3,(H,16,17). The second kappa shape index (κ2) is 7.63. The molecule has 5 nitrogen and oxygen atoms in total. The fourth-order valence-corrected chi connectivity index (χ4v) is 1.57. The van der Waals surface area contributed by atoms with E-state index in [0.29, 0.717) is 13.1 Å². The van der Waals surface area contributed by atoms with Crippen molar-refractivity contribution in [2.45, 2.75) is 26.4 Å². The Labute approximate surface area is 114 Å². The molecule has 0 spiro atoms. The van der Waals surface area contributed by atoms with E-state index in [2.05, 4.69) is 10.6 Å². The van der Waals surface area contributed by atoms with Gasteiger partial charge in [-0.25, -0.2) is 0 Å². The largest absolute Gasteiger partial charge is 0.497 e. The third-order valence-electron chi connectivity index (χ3n) is 2.63. The van der Waals surface area contributed by atoms with Crippen molar-refractivity contribution in [3.8, 4) is 11.5 Å². The minimum atomic E-state index is -0.0430. The van der Waals surface area contributed by atoms with Crippen LogP contribution in [-0.4, -0.2) is 32.7 Å². The Morgan fingerprint density at radius 2 is 2.00 bits per heavy atom. The molecule has 2 N–H and O–H groups in total. The second-order valence-electron chi connectivity index (χ2n) is 4.49. The monoisotopic (exact) mass is 266 g/mol. The van der Waals surface area contributed by atoms with Crippen LogP contribution in [0.25, 0.3) is 0 Å². The zero-order valence-corrected chi connectivity index (χ0v) is 11.9. The van der Waals surface area contributed by atoms with Crippen molar-refractivity contribution >= 4 is 5.91 Å². The van der Waals surface area contributed by atoms with E-state index in [0.717, 1.165) is 17.1 Å². The summed E-state index contributed by atoms with van der Waals surface area (Å²) >= 11 is 0. The summed E-state index contributed by atoms with van der Waals surface area (Å²) in [5.41, 5.74) is 0.889.